The second-order valence-corrected chi connectivity index (χ2v) is 26.5. The molecule has 0 aliphatic heterocycles. The number of ether oxygens (including phenoxy) is 1. The lowest BCUT2D eigenvalue weighted by atomic mass is 10.0. The van der Waals surface area contributed by atoms with E-state index in [-0.39, 0.29) is 31.5 Å². The van der Waals surface area contributed by atoms with E-state index >= 15 is 0 Å². The Morgan fingerprint density at radius 3 is 1.13 bits per heavy atom. The first-order chi connectivity index (χ1) is 39.9. The summed E-state index contributed by atoms with van der Waals surface area (Å²) in [7, 11) is 1.19. The molecule has 0 fully saturated rings. The Hall–Kier alpha value is -2.29. The van der Waals surface area contributed by atoms with Crippen LogP contribution in [-0.4, -0.2) is 69.4 Å². The molecule has 0 radical (unpaired) electrons. The summed E-state index contributed by atoms with van der Waals surface area (Å²) >= 11 is 0. The van der Waals surface area contributed by atoms with Gasteiger partial charge >= 0.3 is 5.97 Å². The molecule has 0 aromatic heterocycles. The zero-order chi connectivity index (χ0) is 60.0. The largest absolute Gasteiger partial charge is 0.756 e. The zero-order valence-electron chi connectivity index (χ0n) is 54.9. The summed E-state index contributed by atoms with van der Waals surface area (Å²) in [6, 6.07) is -0.889. The van der Waals surface area contributed by atoms with E-state index in [4.69, 9.17) is 13.8 Å². The lowest BCUT2D eigenvalue weighted by Gasteiger charge is -2.30. The van der Waals surface area contributed by atoms with Crippen LogP contribution in [0.1, 0.15) is 335 Å². The van der Waals surface area contributed by atoms with E-state index in [1.165, 1.54) is 225 Å². The molecule has 3 atom stereocenters. The van der Waals surface area contributed by atoms with Crippen LogP contribution in [0.25, 0.3) is 0 Å². The molecule has 1 amide bonds. The van der Waals surface area contributed by atoms with Crippen molar-refractivity contribution in [3.63, 3.8) is 0 Å². The summed E-state index contributed by atoms with van der Waals surface area (Å²) in [6.07, 6.45) is 79.1. The molecule has 0 aliphatic rings. The molecule has 1 N–H and O–H groups in total. The third kappa shape index (κ3) is 62.2. The van der Waals surface area contributed by atoms with Gasteiger partial charge in [0.1, 0.15) is 19.3 Å². The number of esters is 1. The van der Waals surface area contributed by atoms with Crippen LogP contribution >= 0.6 is 7.82 Å². The second kappa shape index (κ2) is 61.8. The number of phosphoric acid groups is 1. The topological polar surface area (TPSA) is 114 Å². The summed E-state index contributed by atoms with van der Waals surface area (Å²) in [5, 5.41) is 3.04. The minimum Gasteiger partial charge on any atom is -0.756 e. The molecule has 10 heteroatoms. The third-order valence-corrected chi connectivity index (χ3v) is 16.7. The summed E-state index contributed by atoms with van der Waals surface area (Å²) in [5.41, 5.74) is 0. The molecule has 0 aromatic rings. The molecule has 82 heavy (non-hydrogen) atoms. The number of phosphoric ester groups is 1. The second-order valence-electron chi connectivity index (χ2n) is 25.0. The van der Waals surface area contributed by atoms with Crippen molar-refractivity contribution >= 4 is 19.7 Å². The SMILES string of the molecule is CCCCC/C=C\C/C=C\C/C=C\C/C=C\CCCCCCCCCCCCCC(=O)NC(COP(=O)([O-])OCC[N+](C)(C)C)C(/C=C\CCCCCCCCCCCC)OC(=O)CCCCCCCCCCCCCCCCCCC. The lowest BCUT2D eigenvalue weighted by Crippen LogP contribution is -2.47. The van der Waals surface area contributed by atoms with Crippen LogP contribution in [-0.2, 0) is 27.9 Å². The Morgan fingerprint density at radius 1 is 0.427 bits per heavy atom. The molecule has 0 saturated carbocycles. The van der Waals surface area contributed by atoms with Gasteiger partial charge in [-0.1, -0.05) is 307 Å². The van der Waals surface area contributed by atoms with Crippen molar-refractivity contribution in [2.75, 3.05) is 40.9 Å². The van der Waals surface area contributed by atoms with Crippen molar-refractivity contribution in [3.8, 4) is 0 Å². The first-order valence-electron chi connectivity index (χ1n) is 35.1. The molecule has 0 saturated heterocycles. The van der Waals surface area contributed by atoms with Crippen molar-refractivity contribution in [1.29, 1.82) is 0 Å². The van der Waals surface area contributed by atoms with Gasteiger partial charge in [-0.05, 0) is 76.7 Å². The Kier molecular flexibility index (Phi) is 60.1. The Balaban J connectivity index is 5.04. The summed E-state index contributed by atoms with van der Waals surface area (Å²) in [4.78, 5) is 40.1. The Labute approximate surface area is 509 Å². The third-order valence-electron chi connectivity index (χ3n) is 15.7. The van der Waals surface area contributed by atoms with E-state index in [1.807, 2.05) is 33.3 Å². The van der Waals surface area contributed by atoms with Gasteiger partial charge in [0.15, 0.2) is 0 Å². The first-order valence-corrected chi connectivity index (χ1v) is 36.6. The van der Waals surface area contributed by atoms with Crippen molar-refractivity contribution < 1.29 is 37.3 Å². The molecule has 3 unspecified atom stereocenters. The van der Waals surface area contributed by atoms with Gasteiger partial charge in [-0.25, -0.2) is 0 Å². The highest BCUT2D eigenvalue weighted by atomic mass is 31.2. The smallest absolute Gasteiger partial charge is 0.306 e. The highest BCUT2D eigenvalue weighted by Crippen LogP contribution is 2.38. The van der Waals surface area contributed by atoms with Crippen molar-refractivity contribution in [2.45, 2.75) is 348 Å². The minimum atomic E-state index is -4.70. The average molecular weight is 1170 g/mol. The standard InChI is InChI=1S/C72H135N2O7P/c1-7-10-13-16-19-22-25-28-30-32-33-34-35-36-37-38-39-40-41-43-44-46-49-52-55-58-61-64-71(75)73-69(68-80-82(77,78)79-67-66-74(4,5)6)70(63-60-57-54-51-48-27-24-21-18-15-12-9-3)81-72(76)65-62-59-56-53-50-47-45-42-31-29-26-23-20-17-14-11-8-2/h19,22,28,30,33-34,36-37,60,63,69-70H,7-18,20-21,23-27,29,31-32,35,38-59,61-62,64-68H2,1-6H3,(H-,73,75,77,78)/b22-19-,30-28-,34-33-,37-36-,63-60-. The zero-order valence-corrected chi connectivity index (χ0v) is 55.8. The maximum atomic E-state index is 13.6. The van der Waals surface area contributed by atoms with Crippen LogP contribution in [0.4, 0.5) is 0 Å². The summed E-state index contributed by atoms with van der Waals surface area (Å²) in [6.45, 7) is 6.85. The van der Waals surface area contributed by atoms with Gasteiger partial charge in [-0.2, -0.15) is 0 Å². The number of allylic oxidation sites excluding steroid dienone is 9. The van der Waals surface area contributed by atoms with Crippen molar-refractivity contribution in [1.82, 2.24) is 5.32 Å². The number of likely N-dealkylation sites (N-methyl/N-ethyl adjacent to an activating group) is 1. The Morgan fingerprint density at radius 2 is 0.744 bits per heavy atom. The quantitative estimate of drug-likeness (QED) is 0.0212. The van der Waals surface area contributed by atoms with E-state index in [1.54, 1.807) is 0 Å². The Bertz CT molecular complexity index is 1590. The number of nitrogens with zero attached hydrogens (tertiary/aromatic N) is 1. The monoisotopic (exact) mass is 1170 g/mol. The van der Waals surface area contributed by atoms with Crippen molar-refractivity contribution in [2.24, 2.45) is 0 Å². The van der Waals surface area contributed by atoms with Gasteiger partial charge in [0, 0.05) is 12.8 Å². The predicted octanol–water partition coefficient (Wildman–Crippen LogP) is 21.5. The van der Waals surface area contributed by atoms with E-state index < -0.39 is 20.0 Å². The highest BCUT2D eigenvalue weighted by molar-refractivity contribution is 7.45. The van der Waals surface area contributed by atoms with E-state index in [9.17, 15) is 19.0 Å². The average Bonchev–Trinajstić information content (AvgIpc) is 3.47. The number of hydrogen-bond donors (Lipinski definition) is 1. The van der Waals surface area contributed by atoms with E-state index in [0.717, 1.165) is 77.0 Å². The fraction of sp³-hybridized carbons (Fsp3) is 0.833. The molecule has 0 heterocycles. The molecular formula is C72H135N2O7P. The first kappa shape index (κ1) is 79.7. The number of nitrogens with one attached hydrogen (secondary N) is 1. The highest BCUT2D eigenvalue weighted by Gasteiger charge is 2.27. The predicted molar refractivity (Wildman–Crippen MR) is 353 cm³/mol. The number of hydrogen-bond acceptors (Lipinski definition) is 7. The molecule has 0 aliphatic carbocycles. The van der Waals surface area contributed by atoms with Crippen LogP contribution in [0.15, 0.2) is 60.8 Å². The van der Waals surface area contributed by atoms with Gasteiger partial charge in [-0.15, -0.1) is 0 Å². The molecule has 0 aromatic carbocycles. The van der Waals surface area contributed by atoms with Crippen LogP contribution in [0.5, 0.6) is 0 Å². The van der Waals surface area contributed by atoms with Gasteiger partial charge < -0.3 is 28.5 Å². The number of rotatable bonds is 64. The van der Waals surface area contributed by atoms with Crippen LogP contribution in [0.2, 0.25) is 0 Å². The number of unbranched alkanes of at least 4 members (excludes halogenated alkanes) is 40. The minimum absolute atomic E-state index is 0.0222. The fourth-order valence-corrected chi connectivity index (χ4v) is 11.0. The fourth-order valence-electron chi connectivity index (χ4n) is 10.3. The molecule has 0 rings (SSSR count). The normalized spacial score (nSPS) is 13.9. The van der Waals surface area contributed by atoms with E-state index in [2.05, 4.69) is 74.7 Å². The van der Waals surface area contributed by atoms with Gasteiger partial charge in [0.25, 0.3) is 7.82 Å². The van der Waals surface area contributed by atoms with Gasteiger partial charge in [-0.3, -0.25) is 14.2 Å². The molecular weight excluding hydrogens is 1040 g/mol. The molecule has 0 spiro atoms. The maximum absolute atomic E-state index is 13.6. The van der Waals surface area contributed by atoms with Crippen LogP contribution in [0, 0.1) is 0 Å². The molecule has 480 valence electrons. The number of carbonyl (C=O) groups is 2. The van der Waals surface area contributed by atoms with Gasteiger partial charge in [0.2, 0.25) is 5.91 Å². The van der Waals surface area contributed by atoms with Crippen LogP contribution < -0.4 is 10.2 Å². The van der Waals surface area contributed by atoms with Gasteiger partial charge in [0.05, 0.1) is 33.8 Å². The van der Waals surface area contributed by atoms with Crippen molar-refractivity contribution in [3.05, 3.63) is 60.8 Å². The van der Waals surface area contributed by atoms with Crippen LogP contribution in [0.3, 0.4) is 0 Å². The number of quaternary nitrogens is 1. The molecule has 9 nitrogen and oxygen atoms in total. The molecule has 0 bridgehead atoms. The van der Waals surface area contributed by atoms with E-state index in [0.29, 0.717) is 17.4 Å². The number of carbonyl (C=O) groups excluding carboxylic acids is 2. The lowest BCUT2D eigenvalue weighted by molar-refractivity contribution is -0.870. The number of amides is 1. The summed E-state index contributed by atoms with van der Waals surface area (Å²) < 4.78 is 30.4. The maximum Gasteiger partial charge on any atom is 0.306 e. The summed E-state index contributed by atoms with van der Waals surface area (Å²) in [5.74, 6) is -0.531.